The van der Waals surface area contributed by atoms with E-state index in [2.05, 4.69) is 16.5 Å². The molecule has 1 heterocycles. The molecular weight excluding hydrogens is 242 g/mol. The fourth-order valence-corrected chi connectivity index (χ4v) is 2.18. The first kappa shape index (κ1) is 11.8. The monoisotopic (exact) mass is 250 g/mol. The summed E-state index contributed by atoms with van der Waals surface area (Å²) >= 11 is 17.4. The average Bonchev–Trinajstić information content (AvgIpc) is 2.01. The van der Waals surface area contributed by atoms with E-state index >= 15 is 0 Å². The highest BCUT2D eigenvalue weighted by Gasteiger charge is 2.16. The van der Waals surface area contributed by atoms with Crippen LogP contribution in [0.5, 0.6) is 0 Å². The normalized spacial score (nSPS) is 12.6. The summed E-state index contributed by atoms with van der Waals surface area (Å²) in [7, 11) is 0. The Morgan fingerprint density at radius 3 is 2.21 bits per heavy atom. The molecule has 0 aliphatic rings. The van der Waals surface area contributed by atoms with Crippen LogP contribution in [0.25, 0.3) is 0 Å². The van der Waals surface area contributed by atoms with Gasteiger partial charge in [-0.2, -0.15) is 0 Å². The fraction of sp³-hybridized carbons (Fsp3) is 0.333. The second kappa shape index (κ2) is 4.96. The van der Waals surface area contributed by atoms with E-state index < -0.39 is 0 Å². The smallest absolute Gasteiger partial charge is 0.206 e. The summed E-state index contributed by atoms with van der Waals surface area (Å²) in [5, 5.41) is 0.684. The Morgan fingerprint density at radius 1 is 1.29 bits per heavy atom. The van der Waals surface area contributed by atoms with Crippen molar-refractivity contribution in [1.29, 1.82) is 0 Å². The van der Waals surface area contributed by atoms with Crippen molar-refractivity contribution in [1.82, 2.24) is 9.97 Å². The molecule has 1 atom stereocenters. The van der Waals surface area contributed by atoms with Gasteiger partial charge in [-0.3, -0.25) is 0 Å². The Balaban J connectivity index is 3.13. The van der Waals surface area contributed by atoms with E-state index in [0.717, 1.165) is 12.0 Å². The first-order chi connectivity index (χ1) is 6.56. The summed E-state index contributed by atoms with van der Waals surface area (Å²) in [5.74, 6) is 0.143. The maximum atomic E-state index is 5.91. The molecule has 0 saturated carbocycles. The minimum absolute atomic E-state index is 0.0644. The van der Waals surface area contributed by atoms with E-state index in [-0.39, 0.29) is 11.2 Å². The van der Waals surface area contributed by atoms with Gasteiger partial charge in [0.1, 0.15) is 10.3 Å². The summed E-state index contributed by atoms with van der Waals surface area (Å²) < 4.78 is 0. The van der Waals surface area contributed by atoms with Gasteiger partial charge in [0.25, 0.3) is 0 Å². The Labute approximate surface area is 97.9 Å². The van der Waals surface area contributed by atoms with Gasteiger partial charge < -0.3 is 0 Å². The van der Waals surface area contributed by atoms with Gasteiger partial charge in [-0.1, -0.05) is 36.2 Å². The van der Waals surface area contributed by atoms with Crippen LogP contribution in [0, 0.1) is 0 Å². The fourth-order valence-electron chi connectivity index (χ4n) is 1.17. The second-order valence-corrected chi connectivity index (χ2v) is 3.97. The van der Waals surface area contributed by atoms with Gasteiger partial charge in [0.2, 0.25) is 5.28 Å². The highest BCUT2D eigenvalue weighted by molar-refractivity contribution is 6.36. The summed E-state index contributed by atoms with van der Waals surface area (Å²) in [6.45, 7) is 5.63. The Morgan fingerprint density at radius 2 is 1.79 bits per heavy atom. The van der Waals surface area contributed by atoms with Crippen molar-refractivity contribution >= 4 is 34.8 Å². The molecule has 0 spiro atoms. The maximum Gasteiger partial charge on any atom is 0.225 e. The van der Waals surface area contributed by atoms with Gasteiger partial charge in [0.05, 0.1) is 0 Å². The SMILES string of the molecule is C=CCC(C)c1c(Cl)nc(Cl)nc1Cl. The van der Waals surface area contributed by atoms with Crippen molar-refractivity contribution in [2.75, 3.05) is 0 Å². The molecule has 0 N–H and O–H groups in total. The third-order valence-electron chi connectivity index (χ3n) is 1.84. The van der Waals surface area contributed by atoms with Crippen LogP contribution < -0.4 is 0 Å². The van der Waals surface area contributed by atoms with Crippen LogP contribution in [-0.2, 0) is 0 Å². The molecule has 1 aromatic heterocycles. The molecule has 1 unspecified atom stereocenters. The predicted molar refractivity (Wildman–Crippen MR) is 60.3 cm³/mol. The number of rotatable bonds is 3. The molecule has 1 rings (SSSR count). The van der Waals surface area contributed by atoms with E-state index in [9.17, 15) is 0 Å². The first-order valence-corrected chi connectivity index (χ1v) is 5.19. The van der Waals surface area contributed by atoms with Crippen LogP contribution >= 0.6 is 34.8 Å². The van der Waals surface area contributed by atoms with Crippen molar-refractivity contribution < 1.29 is 0 Å². The van der Waals surface area contributed by atoms with E-state index in [4.69, 9.17) is 34.8 Å². The Bertz CT molecular complexity index is 329. The largest absolute Gasteiger partial charge is 0.225 e. The molecule has 0 radical (unpaired) electrons. The highest BCUT2D eigenvalue weighted by atomic mass is 35.5. The quantitative estimate of drug-likeness (QED) is 0.459. The number of hydrogen-bond acceptors (Lipinski definition) is 2. The first-order valence-electron chi connectivity index (χ1n) is 4.05. The topological polar surface area (TPSA) is 25.8 Å². The third-order valence-corrected chi connectivity index (χ3v) is 2.58. The standard InChI is InChI=1S/C9H9Cl3N2/c1-3-4-5(2)6-7(10)13-9(12)14-8(6)11/h3,5H,1,4H2,2H3. The molecule has 0 fully saturated rings. The van der Waals surface area contributed by atoms with Gasteiger partial charge in [-0.15, -0.1) is 6.58 Å². The molecule has 0 aliphatic carbocycles. The van der Waals surface area contributed by atoms with Crippen molar-refractivity contribution in [2.24, 2.45) is 0 Å². The van der Waals surface area contributed by atoms with Crippen LogP contribution in [-0.4, -0.2) is 9.97 Å². The molecule has 0 amide bonds. The molecule has 1 aromatic rings. The molecule has 0 saturated heterocycles. The Kier molecular flexibility index (Phi) is 4.17. The van der Waals surface area contributed by atoms with Crippen LogP contribution in [0.15, 0.2) is 12.7 Å². The highest BCUT2D eigenvalue weighted by Crippen LogP contribution is 2.31. The molecular formula is C9H9Cl3N2. The number of allylic oxidation sites excluding steroid dienone is 1. The summed E-state index contributed by atoms with van der Waals surface area (Å²) in [6, 6.07) is 0. The van der Waals surface area contributed by atoms with Crippen LogP contribution in [0.2, 0.25) is 15.6 Å². The molecule has 0 aliphatic heterocycles. The lowest BCUT2D eigenvalue weighted by Gasteiger charge is -2.11. The lowest BCUT2D eigenvalue weighted by Crippen LogP contribution is -1.99. The minimum atomic E-state index is 0.0644. The lowest BCUT2D eigenvalue weighted by atomic mass is 10.0. The maximum absolute atomic E-state index is 5.91. The zero-order valence-corrected chi connectivity index (χ0v) is 9.87. The average molecular weight is 252 g/mol. The van der Waals surface area contributed by atoms with E-state index in [0.29, 0.717) is 10.3 Å². The molecule has 0 aromatic carbocycles. The summed E-state index contributed by atoms with van der Waals surface area (Å²) in [6.07, 6.45) is 2.57. The van der Waals surface area contributed by atoms with Crippen molar-refractivity contribution in [3.63, 3.8) is 0 Å². The van der Waals surface area contributed by atoms with Crippen molar-refractivity contribution in [3.8, 4) is 0 Å². The number of halogens is 3. The van der Waals surface area contributed by atoms with Crippen molar-refractivity contribution in [2.45, 2.75) is 19.3 Å². The van der Waals surface area contributed by atoms with Gasteiger partial charge in [-0.25, -0.2) is 9.97 Å². The van der Waals surface area contributed by atoms with Crippen molar-refractivity contribution in [3.05, 3.63) is 33.8 Å². The molecule has 0 bridgehead atoms. The van der Waals surface area contributed by atoms with Gasteiger partial charge in [0, 0.05) is 5.56 Å². The van der Waals surface area contributed by atoms with E-state index in [1.165, 1.54) is 0 Å². The molecule has 76 valence electrons. The zero-order valence-electron chi connectivity index (χ0n) is 7.60. The second-order valence-electron chi connectivity index (χ2n) is 2.91. The number of nitrogens with zero attached hydrogens (tertiary/aromatic N) is 2. The van der Waals surface area contributed by atoms with E-state index in [1.54, 1.807) is 6.08 Å². The zero-order chi connectivity index (χ0) is 10.7. The summed E-state index contributed by atoms with van der Waals surface area (Å²) in [5.41, 5.74) is 0.720. The van der Waals surface area contributed by atoms with Crippen LogP contribution in [0.3, 0.4) is 0 Å². The number of hydrogen-bond donors (Lipinski definition) is 0. The summed E-state index contributed by atoms with van der Waals surface area (Å²) in [4.78, 5) is 7.68. The predicted octanol–water partition coefficient (Wildman–Crippen LogP) is 4.12. The molecule has 14 heavy (non-hydrogen) atoms. The van der Waals surface area contributed by atoms with Gasteiger partial charge in [0.15, 0.2) is 0 Å². The third kappa shape index (κ3) is 2.59. The van der Waals surface area contributed by atoms with Crippen LogP contribution in [0.1, 0.15) is 24.8 Å². The van der Waals surface area contributed by atoms with Gasteiger partial charge >= 0.3 is 0 Å². The Hall–Kier alpha value is -0.310. The lowest BCUT2D eigenvalue weighted by molar-refractivity contribution is 0.770. The van der Waals surface area contributed by atoms with Crippen LogP contribution in [0.4, 0.5) is 0 Å². The molecule has 2 nitrogen and oxygen atoms in total. The number of aromatic nitrogens is 2. The minimum Gasteiger partial charge on any atom is -0.206 e. The van der Waals surface area contributed by atoms with E-state index in [1.807, 2.05) is 6.92 Å². The molecule has 5 heteroatoms. The van der Waals surface area contributed by atoms with Gasteiger partial charge in [-0.05, 0) is 23.9 Å².